The van der Waals surface area contributed by atoms with Crippen molar-refractivity contribution in [2.45, 2.75) is 19.2 Å². The van der Waals surface area contributed by atoms with E-state index in [9.17, 15) is 4.79 Å². The van der Waals surface area contributed by atoms with Gasteiger partial charge in [-0.05, 0) is 23.3 Å². The molecule has 0 bridgehead atoms. The maximum Gasteiger partial charge on any atom is 0.239 e. The van der Waals surface area contributed by atoms with Crippen LogP contribution >= 0.6 is 0 Å². The molecule has 2 rings (SSSR count). The summed E-state index contributed by atoms with van der Waals surface area (Å²) in [6.45, 7) is 1.16. The van der Waals surface area contributed by atoms with Crippen molar-refractivity contribution < 1.29 is 14.3 Å². The summed E-state index contributed by atoms with van der Waals surface area (Å²) in [7, 11) is 1.52. The van der Waals surface area contributed by atoms with E-state index in [0.717, 1.165) is 16.9 Å². The van der Waals surface area contributed by atoms with Crippen LogP contribution in [0.5, 0.6) is 5.75 Å². The fraction of sp³-hybridized carbons (Fsp3) is 0.278. The molecule has 1 atom stereocenters. The molecule has 0 aliphatic carbocycles. The fourth-order valence-corrected chi connectivity index (χ4v) is 2.01. The zero-order chi connectivity index (χ0) is 16.5. The number of para-hydroxylation sites is 1. The molecule has 0 heterocycles. The van der Waals surface area contributed by atoms with Gasteiger partial charge in [0.25, 0.3) is 0 Å². The second-order valence-corrected chi connectivity index (χ2v) is 5.20. The van der Waals surface area contributed by atoms with Gasteiger partial charge in [0.2, 0.25) is 5.91 Å². The summed E-state index contributed by atoms with van der Waals surface area (Å²) in [4.78, 5) is 11.7. The van der Waals surface area contributed by atoms with Gasteiger partial charge in [-0.25, -0.2) is 0 Å². The Morgan fingerprint density at radius 2 is 1.74 bits per heavy atom. The van der Waals surface area contributed by atoms with Crippen molar-refractivity contribution in [1.82, 2.24) is 5.32 Å². The van der Waals surface area contributed by atoms with Crippen molar-refractivity contribution in [3.05, 3.63) is 65.7 Å². The van der Waals surface area contributed by atoms with E-state index in [1.807, 2.05) is 54.6 Å². The average molecular weight is 314 g/mol. The number of hydrogen-bond donors (Lipinski definition) is 2. The van der Waals surface area contributed by atoms with Crippen molar-refractivity contribution in [2.24, 2.45) is 5.73 Å². The van der Waals surface area contributed by atoms with Crippen LogP contribution < -0.4 is 15.8 Å². The SMILES string of the molecule is COCC(N)C(=O)NCc1ccc(COc2ccccc2)cc1. The smallest absolute Gasteiger partial charge is 0.239 e. The van der Waals surface area contributed by atoms with Crippen LogP contribution in [0.15, 0.2) is 54.6 Å². The molecule has 122 valence electrons. The lowest BCUT2D eigenvalue weighted by molar-refractivity contribution is -0.123. The molecule has 0 saturated carbocycles. The zero-order valence-corrected chi connectivity index (χ0v) is 13.2. The van der Waals surface area contributed by atoms with Crippen LogP contribution in [0, 0.1) is 0 Å². The molecule has 1 amide bonds. The molecule has 0 spiro atoms. The largest absolute Gasteiger partial charge is 0.489 e. The van der Waals surface area contributed by atoms with Crippen LogP contribution in [0.2, 0.25) is 0 Å². The lowest BCUT2D eigenvalue weighted by atomic mass is 10.1. The van der Waals surface area contributed by atoms with Gasteiger partial charge in [-0.15, -0.1) is 0 Å². The Hall–Kier alpha value is -2.37. The van der Waals surface area contributed by atoms with Gasteiger partial charge in [-0.2, -0.15) is 0 Å². The Morgan fingerprint density at radius 1 is 1.09 bits per heavy atom. The minimum atomic E-state index is -0.640. The van der Waals surface area contributed by atoms with E-state index < -0.39 is 6.04 Å². The molecule has 2 aromatic rings. The minimum Gasteiger partial charge on any atom is -0.489 e. The molecule has 0 saturated heterocycles. The molecular weight excluding hydrogens is 292 g/mol. The predicted molar refractivity (Wildman–Crippen MR) is 88.9 cm³/mol. The second kappa shape index (κ2) is 8.92. The third-order valence-electron chi connectivity index (χ3n) is 3.32. The Labute approximate surface area is 136 Å². The first-order valence-corrected chi connectivity index (χ1v) is 7.47. The van der Waals surface area contributed by atoms with Crippen molar-refractivity contribution in [3.8, 4) is 5.75 Å². The van der Waals surface area contributed by atoms with Gasteiger partial charge in [0, 0.05) is 13.7 Å². The first-order valence-electron chi connectivity index (χ1n) is 7.47. The van der Waals surface area contributed by atoms with Gasteiger partial charge in [-0.1, -0.05) is 42.5 Å². The Morgan fingerprint density at radius 3 is 2.39 bits per heavy atom. The molecule has 3 N–H and O–H groups in total. The molecule has 1 unspecified atom stereocenters. The average Bonchev–Trinajstić information content (AvgIpc) is 2.60. The van der Waals surface area contributed by atoms with Crippen LogP contribution in [-0.4, -0.2) is 25.7 Å². The minimum absolute atomic E-state index is 0.210. The van der Waals surface area contributed by atoms with Gasteiger partial charge in [0.15, 0.2) is 0 Å². The third kappa shape index (κ3) is 5.73. The lowest BCUT2D eigenvalue weighted by Gasteiger charge is -2.11. The molecule has 5 nitrogen and oxygen atoms in total. The van der Waals surface area contributed by atoms with Crippen LogP contribution in [0.1, 0.15) is 11.1 Å². The summed E-state index contributed by atoms with van der Waals surface area (Å²) in [6.07, 6.45) is 0. The van der Waals surface area contributed by atoms with Gasteiger partial charge in [0.05, 0.1) is 6.61 Å². The highest BCUT2D eigenvalue weighted by Gasteiger charge is 2.12. The molecule has 0 aliphatic heterocycles. The Kier molecular flexibility index (Phi) is 6.59. The number of nitrogens with one attached hydrogen (secondary N) is 1. The molecule has 0 aliphatic rings. The standard InChI is InChI=1S/C18H22N2O3/c1-22-13-17(19)18(21)20-11-14-7-9-15(10-8-14)12-23-16-5-3-2-4-6-16/h2-10,17H,11-13,19H2,1H3,(H,20,21). The summed E-state index contributed by atoms with van der Waals surface area (Å²) < 4.78 is 10.5. The van der Waals surface area contributed by atoms with E-state index in [2.05, 4.69) is 5.32 Å². The number of hydrogen-bond acceptors (Lipinski definition) is 4. The molecule has 23 heavy (non-hydrogen) atoms. The molecule has 2 aromatic carbocycles. The van der Waals surface area contributed by atoms with Crippen molar-refractivity contribution in [1.29, 1.82) is 0 Å². The Bertz CT molecular complexity index is 599. The van der Waals surface area contributed by atoms with Gasteiger partial charge < -0.3 is 20.5 Å². The highest BCUT2D eigenvalue weighted by Crippen LogP contribution is 2.12. The summed E-state index contributed by atoms with van der Waals surface area (Å²) in [5.41, 5.74) is 7.73. The van der Waals surface area contributed by atoms with E-state index in [4.69, 9.17) is 15.2 Å². The number of rotatable bonds is 8. The summed E-state index contributed by atoms with van der Waals surface area (Å²) >= 11 is 0. The summed E-state index contributed by atoms with van der Waals surface area (Å²) in [6, 6.07) is 16.9. The van der Waals surface area contributed by atoms with Crippen LogP contribution in [0.3, 0.4) is 0 Å². The molecule has 0 fully saturated rings. The van der Waals surface area contributed by atoms with Crippen LogP contribution in [-0.2, 0) is 22.7 Å². The topological polar surface area (TPSA) is 73.6 Å². The number of carbonyl (C=O) groups excluding carboxylic acids is 1. The summed E-state index contributed by atoms with van der Waals surface area (Å²) in [5, 5.41) is 2.79. The van der Waals surface area contributed by atoms with E-state index in [-0.39, 0.29) is 12.5 Å². The highest BCUT2D eigenvalue weighted by atomic mass is 16.5. The number of methoxy groups -OCH3 is 1. The van der Waals surface area contributed by atoms with E-state index >= 15 is 0 Å². The predicted octanol–water partition coefficient (Wildman–Crippen LogP) is 1.86. The van der Waals surface area contributed by atoms with Crippen LogP contribution in [0.25, 0.3) is 0 Å². The van der Waals surface area contributed by atoms with Gasteiger partial charge >= 0.3 is 0 Å². The monoisotopic (exact) mass is 314 g/mol. The maximum absolute atomic E-state index is 11.7. The summed E-state index contributed by atoms with van der Waals surface area (Å²) in [5.74, 6) is 0.624. The van der Waals surface area contributed by atoms with Gasteiger partial charge in [-0.3, -0.25) is 4.79 Å². The first kappa shape index (κ1) is 17.0. The van der Waals surface area contributed by atoms with Gasteiger partial charge in [0.1, 0.15) is 18.4 Å². The quantitative estimate of drug-likeness (QED) is 0.780. The number of nitrogens with two attached hydrogens (primary N) is 1. The molecular formula is C18H22N2O3. The number of benzene rings is 2. The molecule has 0 aromatic heterocycles. The maximum atomic E-state index is 11.7. The lowest BCUT2D eigenvalue weighted by Crippen LogP contribution is -2.43. The molecule has 5 heteroatoms. The van der Waals surface area contributed by atoms with Crippen LogP contribution in [0.4, 0.5) is 0 Å². The van der Waals surface area contributed by atoms with E-state index in [0.29, 0.717) is 13.2 Å². The van der Waals surface area contributed by atoms with E-state index in [1.54, 1.807) is 0 Å². The highest BCUT2D eigenvalue weighted by molar-refractivity contribution is 5.81. The molecule has 0 radical (unpaired) electrons. The van der Waals surface area contributed by atoms with Crippen molar-refractivity contribution >= 4 is 5.91 Å². The van der Waals surface area contributed by atoms with Crippen molar-refractivity contribution in [3.63, 3.8) is 0 Å². The first-order chi connectivity index (χ1) is 11.2. The Balaban J connectivity index is 1.79. The fourth-order valence-electron chi connectivity index (χ4n) is 2.01. The normalized spacial score (nSPS) is 11.7. The zero-order valence-electron chi connectivity index (χ0n) is 13.2. The van der Waals surface area contributed by atoms with Crippen molar-refractivity contribution in [2.75, 3.05) is 13.7 Å². The van der Waals surface area contributed by atoms with E-state index in [1.165, 1.54) is 7.11 Å². The third-order valence-corrected chi connectivity index (χ3v) is 3.32. The number of amides is 1. The number of carbonyl (C=O) groups is 1. The second-order valence-electron chi connectivity index (χ2n) is 5.20. The number of ether oxygens (including phenoxy) is 2.